The van der Waals surface area contributed by atoms with E-state index in [0.717, 1.165) is 5.56 Å². The zero-order valence-corrected chi connectivity index (χ0v) is 15.2. The standard InChI is InChI=1S/C22H21NO3/c1-15(2)12-13-26-21-11-7-4-8-17(21)14-20-22(25)18-9-5-6-10-19(18)23(20)16(3)24/h4-12,14H,13H2,1-3H3/b20-14-. The molecule has 0 aromatic heterocycles. The second-order valence-corrected chi connectivity index (χ2v) is 6.36. The Balaban J connectivity index is 2.01. The van der Waals surface area contributed by atoms with Crippen LogP contribution in [-0.4, -0.2) is 18.3 Å². The number of hydrogen-bond acceptors (Lipinski definition) is 3. The highest BCUT2D eigenvalue weighted by Crippen LogP contribution is 2.36. The van der Waals surface area contributed by atoms with Crippen LogP contribution in [0.3, 0.4) is 0 Å². The molecule has 0 bridgehead atoms. The summed E-state index contributed by atoms with van der Waals surface area (Å²) in [5.74, 6) is 0.317. The number of benzene rings is 2. The van der Waals surface area contributed by atoms with Crippen LogP contribution in [0.5, 0.6) is 5.75 Å². The van der Waals surface area contributed by atoms with Gasteiger partial charge in [0.05, 0.1) is 11.4 Å². The van der Waals surface area contributed by atoms with E-state index in [0.29, 0.717) is 29.3 Å². The van der Waals surface area contributed by atoms with Gasteiger partial charge in [0.1, 0.15) is 12.4 Å². The van der Waals surface area contributed by atoms with Crippen LogP contribution < -0.4 is 9.64 Å². The van der Waals surface area contributed by atoms with E-state index in [-0.39, 0.29) is 11.7 Å². The fourth-order valence-corrected chi connectivity index (χ4v) is 2.88. The summed E-state index contributed by atoms with van der Waals surface area (Å²) in [4.78, 5) is 26.5. The van der Waals surface area contributed by atoms with Crippen molar-refractivity contribution in [3.63, 3.8) is 0 Å². The van der Waals surface area contributed by atoms with Crippen molar-refractivity contribution < 1.29 is 14.3 Å². The molecule has 0 atom stereocenters. The van der Waals surface area contributed by atoms with E-state index in [9.17, 15) is 9.59 Å². The van der Waals surface area contributed by atoms with E-state index in [1.807, 2.05) is 50.3 Å². The minimum atomic E-state index is -0.197. The second-order valence-electron chi connectivity index (χ2n) is 6.36. The lowest BCUT2D eigenvalue weighted by Gasteiger charge is -2.16. The molecule has 1 aliphatic rings. The molecule has 2 aromatic carbocycles. The van der Waals surface area contributed by atoms with Crippen LogP contribution >= 0.6 is 0 Å². The van der Waals surface area contributed by atoms with Crippen molar-refractivity contribution in [2.75, 3.05) is 11.5 Å². The Labute approximate surface area is 153 Å². The number of para-hydroxylation sites is 2. The maximum absolute atomic E-state index is 12.8. The Morgan fingerprint density at radius 2 is 1.73 bits per heavy atom. The second kappa shape index (κ2) is 7.40. The van der Waals surface area contributed by atoms with Crippen molar-refractivity contribution in [2.24, 2.45) is 0 Å². The highest BCUT2D eigenvalue weighted by molar-refractivity contribution is 6.26. The monoisotopic (exact) mass is 347 g/mol. The number of allylic oxidation sites excluding steroid dienone is 2. The molecule has 1 amide bonds. The van der Waals surface area contributed by atoms with Gasteiger partial charge in [0.2, 0.25) is 11.7 Å². The first-order valence-corrected chi connectivity index (χ1v) is 8.50. The number of anilines is 1. The number of nitrogens with zero attached hydrogens (tertiary/aromatic N) is 1. The smallest absolute Gasteiger partial charge is 0.228 e. The fraction of sp³-hybridized carbons (Fsp3) is 0.182. The number of carbonyl (C=O) groups excluding carboxylic acids is 2. The number of carbonyl (C=O) groups is 2. The minimum absolute atomic E-state index is 0.157. The van der Waals surface area contributed by atoms with Gasteiger partial charge in [-0.2, -0.15) is 0 Å². The molecule has 3 rings (SSSR count). The highest BCUT2D eigenvalue weighted by Gasteiger charge is 2.34. The largest absolute Gasteiger partial charge is 0.489 e. The van der Waals surface area contributed by atoms with Gasteiger partial charge in [-0.15, -0.1) is 0 Å². The van der Waals surface area contributed by atoms with Crippen LogP contribution in [0.2, 0.25) is 0 Å². The normalized spacial score (nSPS) is 14.3. The Morgan fingerprint density at radius 1 is 1.04 bits per heavy atom. The first-order valence-electron chi connectivity index (χ1n) is 8.50. The molecular formula is C22H21NO3. The molecule has 4 nitrogen and oxygen atoms in total. The highest BCUT2D eigenvalue weighted by atomic mass is 16.5. The summed E-state index contributed by atoms with van der Waals surface area (Å²) in [6.45, 7) is 5.93. The van der Waals surface area contributed by atoms with Crippen molar-refractivity contribution >= 4 is 23.5 Å². The van der Waals surface area contributed by atoms with Gasteiger partial charge < -0.3 is 4.74 Å². The van der Waals surface area contributed by atoms with Gasteiger partial charge in [-0.1, -0.05) is 35.9 Å². The lowest BCUT2D eigenvalue weighted by Crippen LogP contribution is -2.25. The SMILES string of the molecule is CC(=O)N1/C(=C\c2ccccc2OCC=C(C)C)C(=O)c2ccccc21. The van der Waals surface area contributed by atoms with E-state index in [1.54, 1.807) is 24.3 Å². The number of rotatable bonds is 4. The molecule has 0 radical (unpaired) electrons. The third kappa shape index (κ3) is 3.45. The predicted molar refractivity (Wildman–Crippen MR) is 103 cm³/mol. The van der Waals surface area contributed by atoms with Crippen LogP contribution in [0.25, 0.3) is 6.08 Å². The first kappa shape index (κ1) is 17.7. The van der Waals surface area contributed by atoms with Gasteiger partial charge in [0.15, 0.2) is 0 Å². The van der Waals surface area contributed by atoms with E-state index in [1.165, 1.54) is 17.4 Å². The summed E-state index contributed by atoms with van der Waals surface area (Å²) in [6, 6.07) is 14.6. The van der Waals surface area contributed by atoms with Gasteiger partial charge in [0, 0.05) is 18.1 Å². The Morgan fingerprint density at radius 3 is 2.46 bits per heavy atom. The predicted octanol–water partition coefficient (Wildman–Crippen LogP) is 4.62. The van der Waals surface area contributed by atoms with Crippen LogP contribution in [0.1, 0.15) is 36.7 Å². The molecule has 4 heteroatoms. The van der Waals surface area contributed by atoms with Crippen LogP contribution in [0.4, 0.5) is 5.69 Å². The van der Waals surface area contributed by atoms with E-state index >= 15 is 0 Å². The van der Waals surface area contributed by atoms with E-state index < -0.39 is 0 Å². The number of hydrogen-bond donors (Lipinski definition) is 0. The molecule has 2 aromatic rings. The van der Waals surface area contributed by atoms with E-state index in [4.69, 9.17) is 4.74 Å². The maximum atomic E-state index is 12.8. The number of amides is 1. The van der Waals surface area contributed by atoms with Gasteiger partial charge in [-0.3, -0.25) is 14.5 Å². The Kier molecular flexibility index (Phi) is 5.03. The summed E-state index contributed by atoms with van der Waals surface area (Å²) in [5, 5.41) is 0. The van der Waals surface area contributed by atoms with Crippen LogP contribution in [-0.2, 0) is 4.79 Å². The van der Waals surface area contributed by atoms with Gasteiger partial charge in [-0.05, 0) is 44.2 Å². The molecule has 1 heterocycles. The summed E-state index contributed by atoms with van der Waals surface area (Å²) in [7, 11) is 0. The lowest BCUT2D eigenvalue weighted by atomic mass is 10.1. The third-order valence-electron chi connectivity index (χ3n) is 4.12. The molecule has 0 N–H and O–H groups in total. The molecule has 0 unspecified atom stereocenters. The summed E-state index contributed by atoms with van der Waals surface area (Å²) in [6.07, 6.45) is 3.71. The van der Waals surface area contributed by atoms with Crippen LogP contribution in [0, 0.1) is 0 Å². The summed E-state index contributed by atoms with van der Waals surface area (Å²) < 4.78 is 5.83. The average molecular weight is 347 g/mol. The van der Waals surface area contributed by atoms with Crippen molar-refractivity contribution in [1.82, 2.24) is 0 Å². The number of ether oxygens (including phenoxy) is 1. The lowest BCUT2D eigenvalue weighted by molar-refractivity contribution is -0.116. The number of fused-ring (bicyclic) bond motifs is 1. The molecular weight excluding hydrogens is 326 g/mol. The van der Waals surface area contributed by atoms with Crippen molar-refractivity contribution in [3.8, 4) is 5.75 Å². The summed E-state index contributed by atoms with van der Waals surface area (Å²) in [5.41, 5.74) is 3.44. The molecule has 0 saturated carbocycles. The molecule has 0 aliphatic carbocycles. The van der Waals surface area contributed by atoms with Gasteiger partial charge in [-0.25, -0.2) is 0 Å². The molecule has 0 fully saturated rings. The Bertz CT molecular complexity index is 920. The van der Waals surface area contributed by atoms with Gasteiger partial charge in [0.25, 0.3) is 0 Å². The van der Waals surface area contributed by atoms with Crippen molar-refractivity contribution in [1.29, 1.82) is 0 Å². The summed E-state index contributed by atoms with van der Waals surface area (Å²) >= 11 is 0. The molecule has 0 saturated heterocycles. The minimum Gasteiger partial charge on any atom is -0.489 e. The number of Topliss-reactive ketones (excluding diaryl/α,β-unsaturated/α-hetero) is 1. The zero-order chi connectivity index (χ0) is 18.7. The molecule has 132 valence electrons. The zero-order valence-electron chi connectivity index (χ0n) is 15.2. The quantitative estimate of drug-likeness (QED) is 0.599. The molecule has 0 spiro atoms. The third-order valence-corrected chi connectivity index (χ3v) is 4.12. The topological polar surface area (TPSA) is 46.6 Å². The molecule has 26 heavy (non-hydrogen) atoms. The molecule has 1 aliphatic heterocycles. The van der Waals surface area contributed by atoms with Gasteiger partial charge >= 0.3 is 0 Å². The Hall–Kier alpha value is -3.14. The fourth-order valence-electron chi connectivity index (χ4n) is 2.88. The number of ketones is 1. The van der Waals surface area contributed by atoms with Crippen molar-refractivity contribution in [3.05, 3.63) is 77.0 Å². The average Bonchev–Trinajstić information content (AvgIpc) is 2.89. The van der Waals surface area contributed by atoms with E-state index in [2.05, 4.69) is 0 Å². The van der Waals surface area contributed by atoms with Crippen molar-refractivity contribution in [2.45, 2.75) is 20.8 Å². The maximum Gasteiger partial charge on any atom is 0.228 e. The first-order chi connectivity index (χ1) is 12.5. The van der Waals surface area contributed by atoms with Crippen LogP contribution in [0.15, 0.2) is 65.9 Å².